The number of nitrogens with zero attached hydrogens (tertiary/aromatic N) is 2. The van der Waals surface area contributed by atoms with E-state index in [2.05, 4.69) is 40.2 Å². The van der Waals surface area contributed by atoms with E-state index in [-0.39, 0.29) is 5.56 Å². The average Bonchev–Trinajstić information content (AvgIpc) is 3.27. The van der Waals surface area contributed by atoms with E-state index in [1.165, 1.54) is 38.5 Å². The molecule has 1 aromatic rings. The summed E-state index contributed by atoms with van der Waals surface area (Å²) in [5.74, 6) is 0.651. The number of hydrogen-bond donors (Lipinski definition) is 1. The number of nitrogens with one attached hydrogen (secondary N) is 1. The van der Waals surface area contributed by atoms with Crippen molar-refractivity contribution >= 4 is 21.6 Å². The van der Waals surface area contributed by atoms with Crippen LogP contribution < -0.4 is 10.9 Å². The molecule has 0 radical (unpaired) electrons. The van der Waals surface area contributed by atoms with Crippen LogP contribution in [0.2, 0.25) is 0 Å². The Labute approximate surface area is 135 Å². The normalized spacial score (nSPS) is 16.0. The van der Waals surface area contributed by atoms with Crippen LogP contribution in [0.4, 0.5) is 5.69 Å². The molecule has 1 atom stereocenters. The monoisotopic (exact) mass is 355 g/mol. The van der Waals surface area contributed by atoms with Gasteiger partial charge in [-0.3, -0.25) is 4.79 Å². The molecule has 5 heteroatoms. The quantitative estimate of drug-likeness (QED) is 0.675. The lowest BCUT2D eigenvalue weighted by Crippen LogP contribution is -2.26. The molecule has 118 valence electrons. The minimum atomic E-state index is -0.0231. The van der Waals surface area contributed by atoms with Gasteiger partial charge in [0.1, 0.15) is 4.47 Å². The first-order valence-electron chi connectivity index (χ1n) is 8.14. The van der Waals surface area contributed by atoms with Crippen molar-refractivity contribution in [2.24, 2.45) is 5.92 Å². The molecular formula is C16H26BrN3O. The molecule has 0 aliphatic heterocycles. The minimum Gasteiger partial charge on any atom is -0.380 e. The summed E-state index contributed by atoms with van der Waals surface area (Å²) in [6.07, 6.45) is 10.4. The van der Waals surface area contributed by atoms with Crippen molar-refractivity contribution in [2.75, 3.05) is 5.32 Å². The second-order valence-electron chi connectivity index (χ2n) is 6.20. The Balaban J connectivity index is 1.90. The van der Waals surface area contributed by atoms with Gasteiger partial charge < -0.3 is 5.32 Å². The van der Waals surface area contributed by atoms with Crippen molar-refractivity contribution in [1.82, 2.24) is 9.78 Å². The highest BCUT2D eigenvalue weighted by Gasteiger charge is 2.23. The number of anilines is 1. The molecule has 0 saturated heterocycles. The number of hydrogen-bond acceptors (Lipinski definition) is 3. The lowest BCUT2D eigenvalue weighted by atomic mass is 10.1. The van der Waals surface area contributed by atoms with Crippen molar-refractivity contribution in [3.8, 4) is 0 Å². The molecule has 1 aliphatic rings. The van der Waals surface area contributed by atoms with Crippen LogP contribution in [0.25, 0.3) is 0 Å². The minimum absolute atomic E-state index is 0.0231. The summed E-state index contributed by atoms with van der Waals surface area (Å²) in [5.41, 5.74) is 0.792. The maximum Gasteiger partial charge on any atom is 0.283 e. The van der Waals surface area contributed by atoms with Gasteiger partial charge in [-0.25, -0.2) is 4.68 Å². The fraction of sp³-hybridized carbons (Fsp3) is 0.750. The van der Waals surface area contributed by atoms with Crippen LogP contribution in [0.1, 0.15) is 58.8 Å². The van der Waals surface area contributed by atoms with Gasteiger partial charge in [0.25, 0.3) is 5.56 Å². The largest absolute Gasteiger partial charge is 0.380 e. The standard InChI is InChI=1S/C16H26BrN3O/c1-3-4-5-6-7-12(2)19-14-10-18-20(11-13-8-9-13)16(21)15(14)17/h10,12-13,19H,3-9,11H2,1-2H3. The van der Waals surface area contributed by atoms with Crippen molar-refractivity contribution in [3.63, 3.8) is 0 Å². The lowest BCUT2D eigenvalue weighted by Gasteiger charge is -2.16. The maximum atomic E-state index is 12.2. The highest BCUT2D eigenvalue weighted by molar-refractivity contribution is 9.10. The highest BCUT2D eigenvalue weighted by Crippen LogP contribution is 2.30. The SMILES string of the molecule is CCCCCCC(C)Nc1cnn(CC2CC2)c(=O)c1Br. The third-order valence-corrected chi connectivity index (χ3v) is 4.77. The fourth-order valence-electron chi connectivity index (χ4n) is 2.46. The summed E-state index contributed by atoms with van der Waals surface area (Å²) in [7, 11) is 0. The van der Waals surface area contributed by atoms with E-state index in [9.17, 15) is 4.79 Å². The molecule has 1 aliphatic carbocycles. The zero-order valence-electron chi connectivity index (χ0n) is 13.1. The van der Waals surface area contributed by atoms with Gasteiger partial charge in [-0.2, -0.15) is 5.10 Å². The molecule has 1 N–H and O–H groups in total. The van der Waals surface area contributed by atoms with Crippen molar-refractivity contribution in [2.45, 2.75) is 71.4 Å². The van der Waals surface area contributed by atoms with Crippen LogP contribution >= 0.6 is 15.9 Å². The summed E-state index contributed by atoms with van der Waals surface area (Å²) < 4.78 is 2.19. The van der Waals surface area contributed by atoms with Crippen molar-refractivity contribution in [3.05, 3.63) is 21.0 Å². The van der Waals surface area contributed by atoms with E-state index < -0.39 is 0 Å². The van der Waals surface area contributed by atoms with Crippen LogP contribution in [-0.4, -0.2) is 15.8 Å². The molecule has 21 heavy (non-hydrogen) atoms. The number of aromatic nitrogens is 2. The topological polar surface area (TPSA) is 46.9 Å². The van der Waals surface area contributed by atoms with Gasteiger partial charge in [-0.1, -0.05) is 32.6 Å². The number of unbranched alkanes of at least 4 members (excludes halogenated alkanes) is 3. The molecule has 1 unspecified atom stereocenters. The first kappa shape index (κ1) is 16.5. The van der Waals surface area contributed by atoms with Gasteiger partial charge in [0.05, 0.1) is 11.9 Å². The predicted octanol–water partition coefficient (Wildman–Crippen LogP) is 4.19. The molecule has 0 spiro atoms. The van der Waals surface area contributed by atoms with Gasteiger partial charge in [-0.15, -0.1) is 0 Å². The summed E-state index contributed by atoms with van der Waals surface area (Å²) >= 11 is 3.43. The Kier molecular flexibility index (Phi) is 6.27. The van der Waals surface area contributed by atoms with E-state index in [0.29, 0.717) is 16.4 Å². The maximum absolute atomic E-state index is 12.2. The Morgan fingerprint density at radius 3 is 2.86 bits per heavy atom. The van der Waals surface area contributed by atoms with Crippen molar-refractivity contribution < 1.29 is 0 Å². The molecule has 1 fully saturated rings. The van der Waals surface area contributed by atoms with Crippen LogP contribution in [-0.2, 0) is 6.54 Å². The van der Waals surface area contributed by atoms with Crippen LogP contribution in [0, 0.1) is 5.92 Å². The van der Waals surface area contributed by atoms with Crippen LogP contribution in [0.15, 0.2) is 15.5 Å². The second-order valence-corrected chi connectivity index (χ2v) is 6.99. The summed E-state index contributed by atoms with van der Waals surface area (Å²) in [6.45, 7) is 5.14. The summed E-state index contributed by atoms with van der Waals surface area (Å²) in [4.78, 5) is 12.2. The lowest BCUT2D eigenvalue weighted by molar-refractivity contribution is 0.531. The van der Waals surface area contributed by atoms with Crippen LogP contribution in [0.5, 0.6) is 0 Å². The zero-order chi connectivity index (χ0) is 15.2. The molecule has 4 nitrogen and oxygen atoms in total. The van der Waals surface area contributed by atoms with E-state index in [1.54, 1.807) is 10.9 Å². The van der Waals surface area contributed by atoms with Gasteiger partial charge in [0.2, 0.25) is 0 Å². The highest BCUT2D eigenvalue weighted by atomic mass is 79.9. The van der Waals surface area contributed by atoms with Crippen LogP contribution in [0.3, 0.4) is 0 Å². The average molecular weight is 356 g/mol. The smallest absolute Gasteiger partial charge is 0.283 e. The molecule has 1 heterocycles. The van der Waals surface area contributed by atoms with Gasteiger partial charge in [0.15, 0.2) is 0 Å². The first-order valence-corrected chi connectivity index (χ1v) is 8.93. The van der Waals surface area contributed by atoms with E-state index in [0.717, 1.165) is 18.7 Å². The zero-order valence-corrected chi connectivity index (χ0v) is 14.7. The summed E-state index contributed by atoms with van der Waals surface area (Å²) in [6, 6.07) is 0.360. The molecule has 1 aromatic heterocycles. The molecule has 2 rings (SSSR count). The number of rotatable bonds is 9. The van der Waals surface area contributed by atoms with E-state index in [1.807, 2.05) is 0 Å². The third-order valence-electron chi connectivity index (χ3n) is 4.01. The van der Waals surface area contributed by atoms with E-state index in [4.69, 9.17) is 0 Å². The third kappa shape index (κ3) is 5.13. The van der Waals surface area contributed by atoms with Crippen molar-refractivity contribution in [1.29, 1.82) is 0 Å². The fourth-order valence-corrected chi connectivity index (χ4v) is 2.88. The molecule has 1 saturated carbocycles. The number of halogens is 1. The van der Waals surface area contributed by atoms with E-state index >= 15 is 0 Å². The Morgan fingerprint density at radius 2 is 2.19 bits per heavy atom. The molecule has 0 bridgehead atoms. The summed E-state index contributed by atoms with van der Waals surface area (Å²) in [5, 5.41) is 7.70. The Hall–Kier alpha value is -0.840. The predicted molar refractivity (Wildman–Crippen MR) is 90.8 cm³/mol. The van der Waals surface area contributed by atoms with Gasteiger partial charge >= 0.3 is 0 Å². The Morgan fingerprint density at radius 1 is 1.43 bits per heavy atom. The molecule has 0 amide bonds. The molecule has 0 aromatic carbocycles. The first-order chi connectivity index (χ1) is 10.1. The van der Waals surface area contributed by atoms with Gasteiger partial charge in [0, 0.05) is 12.6 Å². The van der Waals surface area contributed by atoms with Gasteiger partial charge in [-0.05, 0) is 48.0 Å². The second kappa shape index (κ2) is 7.97. The Bertz CT molecular complexity index is 511. The molecular weight excluding hydrogens is 330 g/mol.